The van der Waals surface area contributed by atoms with E-state index in [0.717, 1.165) is 19.5 Å². The summed E-state index contributed by atoms with van der Waals surface area (Å²) in [6.07, 6.45) is 0.373. The zero-order chi connectivity index (χ0) is 24.1. The number of nitrogens with one attached hydrogen (secondary N) is 1. The first kappa shape index (κ1) is 26.1. The second-order valence-corrected chi connectivity index (χ2v) is 8.60. The zero-order valence-electron chi connectivity index (χ0n) is 20.0. The third kappa shape index (κ3) is 10.4. The number of carbonyl (C=O) groups is 2. The van der Waals surface area contributed by atoms with Crippen molar-refractivity contribution in [2.24, 2.45) is 5.92 Å². The lowest BCUT2D eigenvalue weighted by Crippen LogP contribution is -2.40. The van der Waals surface area contributed by atoms with E-state index in [1.165, 1.54) is 11.1 Å². The van der Waals surface area contributed by atoms with Crippen LogP contribution in [0.15, 0.2) is 72.8 Å². The number of alkyl carbamates (subject to hydrolysis) is 1. The summed E-state index contributed by atoms with van der Waals surface area (Å²) in [5.41, 5.74) is 2.75. The number of esters is 1. The van der Waals surface area contributed by atoms with Crippen LogP contribution in [0, 0.1) is 5.92 Å². The lowest BCUT2D eigenvalue weighted by Gasteiger charge is -2.33. The highest BCUT2D eigenvalue weighted by molar-refractivity contribution is 5.86. The van der Waals surface area contributed by atoms with E-state index in [0.29, 0.717) is 11.5 Å². The molecule has 0 unspecified atom stereocenters. The van der Waals surface area contributed by atoms with Gasteiger partial charge in [0.05, 0.1) is 6.54 Å². The predicted octanol–water partition coefficient (Wildman–Crippen LogP) is 4.95. The first-order valence-corrected chi connectivity index (χ1v) is 11.4. The second kappa shape index (κ2) is 14.1. The van der Waals surface area contributed by atoms with E-state index in [1.54, 1.807) is 6.92 Å². The number of rotatable bonds is 13. The molecule has 0 aliphatic carbocycles. The highest BCUT2D eigenvalue weighted by atomic mass is 16.6. The summed E-state index contributed by atoms with van der Waals surface area (Å²) in [6, 6.07) is 20.7. The van der Waals surface area contributed by atoms with Crippen molar-refractivity contribution in [3.63, 3.8) is 0 Å². The van der Waals surface area contributed by atoms with Gasteiger partial charge >= 0.3 is 12.1 Å². The van der Waals surface area contributed by atoms with E-state index in [2.05, 4.69) is 54.9 Å². The Bertz CT molecular complexity index is 827. The van der Waals surface area contributed by atoms with Crippen molar-refractivity contribution < 1.29 is 19.1 Å². The van der Waals surface area contributed by atoms with E-state index in [1.807, 2.05) is 36.4 Å². The van der Waals surface area contributed by atoms with Crippen LogP contribution in [0.3, 0.4) is 0 Å². The molecule has 2 rings (SSSR count). The van der Waals surface area contributed by atoms with Gasteiger partial charge < -0.3 is 14.8 Å². The average Bonchev–Trinajstić information content (AvgIpc) is 2.80. The molecule has 1 atom stereocenters. The van der Waals surface area contributed by atoms with E-state index in [4.69, 9.17) is 9.47 Å². The summed E-state index contributed by atoms with van der Waals surface area (Å²) < 4.78 is 10.6. The third-order valence-corrected chi connectivity index (χ3v) is 5.08. The molecular weight excluding hydrogens is 416 g/mol. The molecule has 2 aromatic rings. The van der Waals surface area contributed by atoms with Gasteiger partial charge in [0.1, 0.15) is 13.2 Å². The quantitative estimate of drug-likeness (QED) is 0.265. The standard InChI is InChI=1S/C27H36N2O4/c1-21(2)17-25(20-33-27(31)28-15-16-32-26(30)22(3)4)29(18-23-11-7-5-8-12-23)19-24-13-9-6-10-14-24/h5-14,21,25H,3,15-20H2,1-2,4H3,(H,28,31)/t25-/m0/s1. The van der Waals surface area contributed by atoms with Crippen molar-refractivity contribution in [2.75, 3.05) is 19.8 Å². The molecule has 1 amide bonds. The molecule has 0 saturated carbocycles. The van der Waals surface area contributed by atoms with Crippen LogP contribution in [0.5, 0.6) is 0 Å². The maximum absolute atomic E-state index is 12.2. The fourth-order valence-corrected chi connectivity index (χ4v) is 3.46. The molecule has 0 heterocycles. The number of benzene rings is 2. The van der Waals surface area contributed by atoms with Gasteiger partial charge in [-0.3, -0.25) is 4.90 Å². The second-order valence-electron chi connectivity index (χ2n) is 8.60. The molecule has 6 heteroatoms. The molecule has 0 saturated heterocycles. The van der Waals surface area contributed by atoms with Crippen LogP contribution < -0.4 is 5.32 Å². The molecule has 0 aliphatic rings. The van der Waals surface area contributed by atoms with Gasteiger partial charge in [0.25, 0.3) is 0 Å². The van der Waals surface area contributed by atoms with Gasteiger partial charge in [-0.05, 0) is 30.4 Å². The fraction of sp³-hybridized carbons (Fsp3) is 0.407. The van der Waals surface area contributed by atoms with Crippen molar-refractivity contribution in [1.29, 1.82) is 0 Å². The van der Waals surface area contributed by atoms with Crippen LogP contribution in [0.4, 0.5) is 4.79 Å². The first-order valence-electron chi connectivity index (χ1n) is 11.4. The number of amides is 1. The van der Waals surface area contributed by atoms with Crippen LogP contribution in [-0.2, 0) is 27.4 Å². The van der Waals surface area contributed by atoms with E-state index < -0.39 is 12.1 Å². The number of carbonyl (C=O) groups excluding carboxylic acids is 2. The van der Waals surface area contributed by atoms with Crippen molar-refractivity contribution in [1.82, 2.24) is 10.2 Å². The van der Waals surface area contributed by atoms with Crippen molar-refractivity contribution in [2.45, 2.75) is 46.3 Å². The van der Waals surface area contributed by atoms with Crippen LogP contribution in [-0.4, -0.2) is 42.8 Å². The van der Waals surface area contributed by atoms with E-state index in [9.17, 15) is 9.59 Å². The Hall–Kier alpha value is -3.12. The Balaban J connectivity index is 2.00. The van der Waals surface area contributed by atoms with Crippen LogP contribution in [0.25, 0.3) is 0 Å². The molecular formula is C27H36N2O4. The van der Waals surface area contributed by atoms with E-state index >= 15 is 0 Å². The van der Waals surface area contributed by atoms with Crippen molar-refractivity contribution in [3.05, 3.63) is 83.9 Å². The Kier molecular flexibility index (Phi) is 11.2. The van der Waals surface area contributed by atoms with Gasteiger partial charge in [-0.25, -0.2) is 9.59 Å². The molecule has 0 spiro atoms. The molecule has 33 heavy (non-hydrogen) atoms. The molecule has 0 radical (unpaired) electrons. The Morgan fingerprint density at radius 2 is 1.48 bits per heavy atom. The first-order chi connectivity index (χ1) is 15.8. The SMILES string of the molecule is C=C(C)C(=O)OCCNC(=O)OC[C@H](CC(C)C)N(Cc1ccccc1)Cc1ccccc1. The Morgan fingerprint density at radius 1 is 0.939 bits per heavy atom. The monoisotopic (exact) mass is 452 g/mol. The minimum absolute atomic E-state index is 0.0532. The smallest absolute Gasteiger partial charge is 0.407 e. The minimum Gasteiger partial charge on any atom is -0.460 e. The molecule has 6 nitrogen and oxygen atoms in total. The highest BCUT2D eigenvalue weighted by Crippen LogP contribution is 2.19. The molecule has 178 valence electrons. The average molecular weight is 453 g/mol. The lowest BCUT2D eigenvalue weighted by molar-refractivity contribution is -0.138. The molecule has 0 fully saturated rings. The van der Waals surface area contributed by atoms with Gasteiger partial charge in [-0.1, -0.05) is 81.1 Å². The lowest BCUT2D eigenvalue weighted by atomic mass is 10.0. The van der Waals surface area contributed by atoms with Gasteiger partial charge in [0.15, 0.2) is 0 Å². The summed E-state index contributed by atoms with van der Waals surface area (Å²) in [4.78, 5) is 26.0. The number of hydrogen-bond donors (Lipinski definition) is 1. The predicted molar refractivity (Wildman–Crippen MR) is 130 cm³/mol. The largest absolute Gasteiger partial charge is 0.460 e. The van der Waals surface area contributed by atoms with Crippen molar-refractivity contribution >= 4 is 12.1 Å². The molecule has 0 aromatic heterocycles. The minimum atomic E-state index is -0.519. The van der Waals surface area contributed by atoms with E-state index in [-0.39, 0.29) is 25.8 Å². The van der Waals surface area contributed by atoms with Gasteiger partial charge in [0.2, 0.25) is 0 Å². The molecule has 1 N–H and O–H groups in total. The molecule has 0 aliphatic heterocycles. The summed E-state index contributed by atoms with van der Waals surface area (Å²) >= 11 is 0. The normalized spacial score (nSPS) is 11.8. The summed E-state index contributed by atoms with van der Waals surface area (Å²) in [5, 5.41) is 2.64. The summed E-state index contributed by atoms with van der Waals surface area (Å²) in [5.74, 6) is -0.0307. The Labute approximate surface area is 197 Å². The highest BCUT2D eigenvalue weighted by Gasteiger charge is 2.22. The molecule has 0 bridgehead atoms. The fourth-order valence-electron chi connectivity index (χ4n) is 3.46. The van der Waals surface area contributed by atoms with Gasteiger partial charge in [-0.2, -0.15) is 0 Å². The molecule has 2 aromatic carbocycles. The Morgan fingerprint density at radius 3 is 1.97 bits per heavy atom. The number of nitrogens with zero attached hydrogens (tertiary/aromatic N) is 1. The van der Waals surface area contributed by atoms with Gasteiger partial charge in [0, 0.05) is 24.7 Å². The summed E-state index contributed by atoms with van der Waals surface area (Å²) in [7, 11) is 0. The summed E-state index contributed by atoms with van der Waals surface area (Å²) in [6.45, 7) is 11.5. The maximum atomic E-state index is 12.2. The number of hydrogen-bond acceptors (Lipinski definition) is 5. The maximum Gasteiger partial charge on any atom is 0.407 e. The topological polar surface area (TPSA) is 67.9 Å². The van der Waals surface area contributed by atoms with Crippen LogP contribution in [0.1, 0.15) is 38.3 Å². The van der Waals surface area contributed by atoms with Gasteiger partial charge in [-0.15, -0.1) is 0 Å². The third-order valence-electron chi connectivity index (χ3n) is 5.08. The zero-order valence-corrected chi connectivity index (χ0v) is 20.0. The van der Waals surface area contributed by atoms with Crippen molar-refractivity contribution in [3.8, 4) is 0 Å². The van der Waals surface area contributed by atoms with Crippen LogP contribution >= 0.6 is 0 Å². The number of ether oxygens (including phenoxy) is 2. The van der Waals surface area contributed by atoms with Crippen LogP contribution in [0.2, 0.25) is 0 Å².